The molecule has 0 unspecified atom stereocenters. The fourth-order valence-corrected chi connectivity index (χ4v) is 8.23. The van der Waals surface area contributed by atoms with Crippen molar-refractivity contribution in [2.24, 2.45) is 0 Å². The molecule has 0 atom stereocenters. The molecule has 51 heavy (non-hydrogen) atoms. The van der Waals surface area contributed by atoms with Gasteiger partial charge in [0.2, 0.25) is 0 Å². The zero-order valence-corrected chi connectivity index (χ0v) is 28.6. The zero-order chi connectivity index (χ0) is 34.2. The van der Waals surface area contributed by atoms with Crippen molar-refractivity contribution in [3.63, 3.8) is 0 Å². The largest absolute Gasteiger partial charge is 0.310 e. The summed E-state index contributed by atoms with van der Waals surface area (Å²) in [7, 11) is 0. The summed E-state index contributed by atoms with van der Waals surface area (Å²) in [6.07, 6.45) is 0. The van der Waals surface area contributed by atoms with Crippen LogP contribution in [-0.2, 0) is 5.41 Å². The SMILES string of the molecule is Cc1cc(-c2ccccc2)ccc1N(c1ccc2c(c1)C(c1ccccc1)(c1ccccc1)c1ccccc1-2)c1ccccc1-c1ccccc1. The summed E-state index contributed by atoms with van der Waals surface area (Å²) in [6.45, 7) is 2.24. The molecule has 8 aromatic carbocycles. The highest BCUT2D eigenvalue weighted by Gasteiger charge is 2.46. The number of para-hydroxylation sites is 1. The van der Waals surface area contributed by atoms with E-state index in [0.717, 1.165) is 17.1 Å². The Balaban J connectivity index is 1.33. The number of hydrogen-bond acceptors (Lipinski definition) is 1. The summed E-state index contributed by atoms with van der Waals surface area (Å²) >= 11 is 0. The molecule has 0 heterocycles. The third-order valence-electron chi connectivity index (χ3n) is 10.5. The quantitative estimate of drug-likeness (QED) is 0.166. The van der Waals surface area contributed by atoms with Crippen molar-refractivity contribution >= 4 is 17.1 Å². The Bertz CT molecular complexity index is 2430. The summed E-state index contributed by atoms with van der Waals surface area (Å²) in [5.74, 6) is 0. The van der Waals surface area contributed by atoms with Gasteiger partial charge in [0.05, 0.1) is 11.1 Å². The second kappa shape index (κ2) is 12.8. The minimum absolute atomic E-state index is 0.485. The maximum Gasteiger partial charge on any atom is 0.0714 e. The van der Waals surface area contributed by atoms with Crippen molar-refractivity contribution in [2.45, 2.75) is 12.3 Å². The molecule has 8 aromatic rings. The molecule has 9 rings (SSSR count). The Hall–Kier alpha value is -6.44. The third-order valence-corrected chi connectivity index (χ3v) is 10.5. The second-order valence-electron chi connectivity index (χ2n) is 13.3. The van der Waals surface area contributed by atoms with Crippen LogP contribution in [0.4, 0.5) is 17.1 Å². The topological polar surface area (TPSA) is 3.24 Å². The number of benzene rings is 8. The summed E-state index contributed by atoms with van der Waals surface area (Å²) in [4.78, 5) is 2.47. The van der Waals surface area contributed by atoms with E-state index in [0.29, 0.717) is 0 Å². The smallest absolute Gasteiger partial charge is 0.0714 e. The molecule has 1 aliphatic rings. The van der Waals surface area contributed by atoms with E-state index in [2.05, 4.69) is 218 Å². The van der Waals surface area contributed by atoms with Crippen LogP contribution in [0.1, 0.15) is 27.8 Å². The molecule has 0 aliphatic heterocycles. The molecule has 1 aliphatic carbocycles. The van der Waals surface area contributed by atoms with Gasteiger partial charge in [-0.2, -0.15) is 0 Å². The van der Waals surface area contributed by atoms with Crippen LogP contribution in [0.25, 0.3) is 33.4 Å². The number of rotatable bonds is 7. The van der Waals surface area contributed by atoms with Gasteiger partial charge in [-0.05, 0) is 92.9 Å². The van der Waals surface area contributed by atoms with Gasteiger partial charge in [-0.15, -0.1) is 0 Å². The number of aryl methyl sites for hydroxylation is 1. The van der Waals surface area contributed by atoms with Gasteiger partial charge >= 0.3 is 0 Å². The highest BCUT2D eigenvalue weighted by molar-refractivity contribution is 5.93. The van der Waals surface area contributed by atoms with Crippen LogP contribution in [0.5, 0.6) is 0 Å². The highest BCUT2D eigenvalue weighted by atomic mass is 15.1. The van der Waals surface area contributed by atoms with Crippen molar-refractivity contribution in [2.75, 3.05) is 4.90 Å². The van der Waals surface area contributed by atoms with Gasteiger partial charge in [0, 0.05) is 16.9 Å². The van der Waals surface area contributed by atoms with E-state index < -0.39 is 5.41 Å². The third kappa shape index (κ3) is 5.09. The fraction of sp³-hybridized carbons (Fsp3) is 0.0400. The normalized spacial score (nSPS) is 12.6. The molecule has 0 bridgehead atoms. The van der Waals surface area contributed by atoms with Crippen LogP contribution in [0.3, 0.4) is 0 Å². The number of fused-ring (bicyclic) bond motifs is 3. The first-order valence-electron chi connectivity index (χ1n) is 17.7. The van der Waals surface area contributed by atoms with E-state index in [-0.39, 0.29) is 0 Å². The Morgan fingerprint density at radius 2 is 0.882 bits per heavy atom. The Labute approximate surface area is 300 Å². The fourth-order valence-electron chi connectivity index (χ4n) is 8.23. The highest BCUT2D eigenvalue weighted by Crippen LogP contribution is 2.57. The second-order valence-corrected chi connectivity index (χ2v) is 13.3. The van der Waals surface area contributed by atoms with Gasteiger partial charge in [0.15, 0.2) is 0 Å². The lowest BCUT2D eigenvalue weighted by atomic mass is 9.67. The summed E-state index contributed by atoms with van der Waals surface area (Å²) in [5, 5.41) is 0. The summed E-state index contributed by atoms with van der Waals surface area (Å²) < 4.78 is 0. The van der Waals surface area contributed by atoms with Crippen molar-refractivity contribution < 1.29 is 0 Å². The van der Waals surface area contributed by atoms with Crippen LogP contribution in [0.2, 0.25) is 0 Å². The number of anilines is 3. The first-order chi connectivity index (χ1) is 25.2. The van der Waals surface area contributed by atoms with Crippen molar-refractivity contribution in [3.05, 3.63) is 234 Å². The summed E-state index contributed by atoms with van der Waals surface area (Å²) in [6, 6.07) is 75.2. The Kier molecular flexibility index (Phi) is 7.67. The van der Waals surface area contributed by atoms with Gasteiger partial charge in [-0.1, -0.05) is 176 Å². The van der Waals surface area contributed by atoms with Gasteiger partial charge in [0.1, 0.15) is 0 Å². The predicted molar refractivity (Wildman–Crippen MR) is 214 cm³/mol. The average molecular weight is 652 g/mol. The van der Waals surface area contributed by atoms with Crippen molar-refractivity contribution in [3.8, 4) is 33.4 Å². The molecule has 242 valence electrons. The molecule has 0 saturated carbocycles. The molecule has 0 aromatic heterocycles. The number of hydrogen-bond donors (Lipinski definition) is 0. The van der Waals surface area contributed by atoms with Gasteiger partial charge in [-0.25, -0.2) is 0 Å². The molecule has 0 spiro atoms. The molecule has 1 nitrogen and oxygen atoms in total. The van der Waals surface area contributed by atoms with Gasteiger partial charge < -0.3 is 4.90 Å². The Morgan fingerprint density at radius 3 is 1.53 bits per heavy atom. The van der Waals surface area contributed by atoms with E-state index >= 15 is 0 Å². The van der Waals surface area contributed by atoms with Crippen molar-refractivity contribution in [1.82, 2.24) is 0 Å². The minimum atomic E-state index is -0.485. The van der Waals surface area contributed by atoms with E-state index in [9.17, 15) is 0 Å². The zero-order valence-electron chi connectivity index (χ0n) is 28.6. The van der Waals surface area contributed by atoms with Crippen LogP contribution in [0.15, 0.2) is 206 Å². The van der Waals surface area contributed by atoms with Gasteiger partial charge in [0.25, 0.3) is 0 Å². The van der Waals surface area contributed by atoms with Crippen LogP contribution >= 0.6 is 0 Å². The average Bonchev–Trinajstić information content (AvgIpc) is 3.50. The monoisotopic (exact) mass is 651 g/mol. The first kappa shape index (κ1) is 30.6. The molecular weight excluding hydrogens is 615 g/mol. The van der Waals surface area contributed by atoms with Gasteiger partial charge in [-0.3, -0.25) is 0 Å². The van der Waals surface area contributed by atoms with Crippen LogP contribution < -0.4 is 4.90 Å². The Morgan fingerprint density at radius 1 is 0.353 bits per heavy atom. The lowest BCUT2D eigenvalue weighted by molar-refractivity contribution is 0.768. The number of nitrogens with zero attached hydrogens (tertiary/aromatic N) is 1. The predicted octanol–water partition coefficient (Wildman–Crippen LogP) is 13.2. The van der Waals surface area contributed by atoms with Crippen LogP contribution in [0, 0.1) is 6.92 Å². The lowest BCUT2D eigenvalue weighted by Gasteiger charge is -2.35. The molecule has 0 N–H and O–H groups in total. The standard InChI is InChI=1S/C50H37N/c1-36-34-39(37-18-6-2-7-19-37)30-33-48(36)51(49-29-17-15-26-43(49)38-20-8-3-9-21-38)42-31-32-45-44-27-14-16-28-46(44)50(47(45)35-42,40-22-10-4-11-23-40)41-24-12-5-13-25-41/h2-35H,1H3. The molecular formula is C50H37N. The van der Waals surface area contributed by atoms with E-state index in [1.54, 1.807) is 0 Å². The molecule has 0 radical (unpaired) electrons. The van der Waals surface area contributed by atoms with E-state index in [4.69, 9.17) is 0 Å². The minimum Gasteiger partial charge on any atom is -0.310 e. The maximum absolute atomic E-state index is 2.47. The lowest BCUT2D eigenvalue weighted by Crippen LogP contribution is -2.28. The maximum atomic E-state index is 2.47. The van der Waals surface area contributed by atoms with Crippen molar-refractivity contribution in [1.29, 1.82) is 0 Å². The molecule has 0 amide bonds. The molecule has 0 fully saturated rings. The van der Waals surface area contributed by atoms with E-state index in [1.807, 2.05) is 0 Å². The molecule has 0 saturated heterocycles. The van der Waals surface area contributed by atoms with E-state index in [1.165, 1.54) is 61.2 Å². The molecule has 1 heteroatoms. The van der Waals surface area contributed by atoms with Crippen LogP contribution in [-0.4, -0.2) is 0 Å². The summed E-state index contributed by atoms with van der Waals surface area (Å²) in [5.41, 5.74) is 16.6. The first-order valence-corrected chi connectivity index (χ1v) is 17.7.